The first kappa shape index (κ1) is 22.8. The Morgan fingerprint density at radius 2 is 1.26 bits per heavy atom. The smallest absolute Gasteiger partial charge is 0.148 e. The number of nitrogens with two attached hydrogens (primary N) is 2. The van der Waals surface area contributed by atoms with Crippen LogP contribution in [0, 0.1) is 5.82 Å². The summed E-state index contributed by atoms with van der Waals surface area (Å²) in [4.78, 5) is 4.62. The quantitative estimate of drug-likeness (QED) is 0.330. The Morgan fingerprint density at radius 1 is 0.765 bits per heavy atom. The van der Waals surface area contributed by atoms with Gasteiger partial charge in [-0.2, -0.15) is 0 Å². The maximum Gasteiger partial charge on any atom is 0.148 e. The van der Waals surface area contributed by atoms with Crippen molar-refractivity contribution in [1.29, 1.82) is 0 Å². The highest BCUT2D eigenvalue weighted by atomic mass is 28.3. The van der Waals surface area contributed by atoms with Gasteiger partial charge in [0.05, 0.1) is 25.8 Å². The summed E-state index contributed by atoms with van der Waals surface area (Å²) in [6, 6.07) is 24.8. The Balaban J connectivity index is 1.49. The van der Waals surface area contributed by atoms with E-state index in [1.807, 2.05) is 30.3 Å². The fourth-order valence-corrected chi connectivity index (χ4v) is 7.53. The molecule has 3 aromatic carbocycles. The van der Waals surface area contributed by atoms with Gasteiger partial charge in [-0.1, -0.05) is 37.4 Å². The standard InChI is InChI=1S/C28H35FN4Si/c1-34(2)17-15-32(16-18-34)28-12-11-24(19-25(28)29)33-26(20-3-7-22(30)8-4-20)13-14-27(33)21-5-9-23(31)10-6-21/h3-12,19,26-27H,13-18,30-31H2,1-2H3/t26-,27-/m0/s1. The van der Waals surface area contributed by atoms with E-state index >= 15 is 4.39 Å². The molecule has 0 saturated carbocycles. The van der Waals surface area contributed by atoms with Gasteiger partial charge in [-0.25, -0.2) is 4.39 Å². The van der Waals surface area contributed by atoms with Crippen molar-refractivity contribution in [3.05, 3.63) is 83.7 Å². The Bertz CT molecular complexity index is 1080. The molecule has 34 heavy (non-hydrogen) atoms. The second-order valence-electron chi connectivity index (χ2n) is 10.6. The van der Waals surface area contributed by atoms with Gasteiger partial charge in [-0.15, -0.1) is 0 Å². The van der Waals surface area contributed by atoms with Crippen molar-refractivity contribution in [2.75, 3.05) is 34.4 Å². The minimum absolute atomic E-state index is 0.127. The molecule has 5 rings (SSSR count). The van der Waals surface area contributed by atoms with Crippen LogP contribution in [0.1, 0.15) is 36.1 Å². The van der Waals surface area contributed by atoms with Gasteiger partial charge in [0.15, 0.2) is 0 Å². The number of anilines is 4. The summed E-state index contributed by atoms with van der Waals surface area (Å²) in [7, 11) is -1.11. The predicted molar refractivity (Wildman–Crippen MR) is 145 cm³/mol. The number of rotatable bonds is 4. The molecule has 4 N–H and O–H groups in total. The molecule has 3 aromatic rings. The topological polar surface area (TPSA) is 58.5 Å². The molecule has 2 saturated heterocycles. The highest BCUT2D eigenvalue weighted by Gasteiger charge is 2.36. The molecular weight excluding hydrogens is 439 g/mol. The molecule has 2 aliphatic heterocycles. The molecular formula is C28H35FN4Si. The molecule has 0 radical (unpaired) electrons. The van der Waals surface area contributed by atoms with Crippen molar-refractivity contribution in [3.8, 4) is 0 Å². The van der Waals surface area contributed by atoms with E-state index in [0.29, 0.717) is 0 Å². The zero-order valence-corrected chi connectivity index (χ0v) is 21.2. The van der Waals surface area contributed by atoms with E-state index in [2.05, 4.69) is 53.2 Å². The highest BCUT2D eigenvalue weighted by Crippen LogP contribution is 2.47. The molecule has 6 heteroatoms. The third kappa shape index (κ3) is 4.51. The van der Waals surface area contributed by atoms with E-state index in [-0.39, 0.29) is 17.9 Å². The van der Waals surface area contributed by atoms with E-state index in [1.54, 1.807) is 6.07 Å². The van der Waals surface area contributed by atoms with Crippen LogP contribution in [0.2, 0.25) is 25.2 Å². The first-order chi connectivity index (χ1) is 16.3. The predicted octanol–water partition coefficient (Wildman–Crippen LogP) is 6.60. The number of nitrogens with zero attached hydrogens (tertiary/aromatic N) is 2. The first-order valence-corrected chi connectivity index (χ1v) is 15.8. The minimum atomic E-state index is -1.11. The van der Waals surface area contributed by atoms with E-state index in [0.717, 1.165) is 48.7 Å². The van der Waals surface area contributed by atoms with Crippen LogP contribution in [-0.4, -0.2) is 21.2 Å². The maximum absolute atomic E-state index is 15.6. The molecule has 178 valence electrons. The Labute approximate surface area is 203 Å². The molecule has 0 spiro atoms. The second kappa shape index (κ2) is 8.99. The van der Waals surface area contributed by atoms with Crippen LogP contribution in [0.5, 0.6) is 0 Å². The SMILES string of the molecule is C[Si]1(C)CCN(c2ccc(N3[C@H](c4ccc(N)cc4)CC[C@H]3c3ccc(N)cc3)cc2F)CC1. The zero-order valence-electron chi connectivity index (χ0n) is 20.2. The van der Waals surface area contributed by atoms with Gasteiger partial charge < -0.3 is 21.3 Å². The molecule has 2 fully saturated rings. The lowest BCUT2D eigenvalue weighted by molar-refractivity contribution is 0.611. The number of hydrogen-bond donors (Lipinski definition) is 2. The molecule has 0 aromatic heterocycles. The van der Waals surface area contributed by atoms with E-state index in [4.69, 9.17) is 11.5 Å². The Kier molecular flexibility index (Phi) is 6.02. The molecule has 2 aliphatic rings. The van der Waals surface area contributed by atoms with E-state index in [1.165, 1.54) is 23.2 Å². The lowest BCUT2D eigenvalue weighted by Crippen LogP contribution is -2.43. The second-order valence-corrected chi connectivity index (χ2v) is 16.0. The van der Waals surface area contributed by atoms with Gasteiger partial charge in [0.25, 0.3) is 0 Å². The van der Waals surface area contributed by atoms with Gasteiger partial charge in [0, 0.05) is 30.2 Å². The third-order valence-electron chi connectivity index (χ3n) is 7.71. The third-order valence-corrected chi connectivity index (χ3v) is 10.9. The van der Waals surface area contributed by atoms with Crippen molar-refractivity contribution in [2.24, 2.45) is 0 Å². The average molecular weight is 475 g/mol. The van der Waals surface area contributed by atoms with E-state index in [9.17, 15) is 0 Å². The van der Waals surface area contributed by atoms with Crippen LogP contribution < -0.4 is 21.3 Å². The normalized spacial score (nSPS) is 22.2. The van der Waals surface area contributed by atoms with Gasteiger partial charge in [-0.05, 0) is 78.5 Å². The molecule has 2 atom stereocenters. The maximum atomic E-state index is 15.6. The molecule has 4 nitrogen and oxygen atoms in total. The summed E-state index contributed by atoms with van der Waals surface area (Å²) in [6.45, 7) is 6.79. The van der Waals surface area contributed by atoms with Crippen LogP contribution in [-0.2, 0) is 0 Å². The molecule has 0 unspecified atom stereocenters. The van der Waals surface area contributed by atoms with Crippen LogP contribution >= 0.6 is 0 Å². The lowest BCUT2D eigenvalue weighted by Gasteiger charge is -2.38. The number of halogens is 1. The van der Waals surface area contributed by atoms with Crippen LogP contribution in [0.3, 0.4) is 0 Å². The van der Waals surface area contributed by atoms with Crippen LogP contribution in [0.4, 0.5) is 27.1 Å². The van der Waals surface area contributed by atoms with Crippen molar-refractivity contribution >= 4 is 30.8 Å². The number of benzene rings is 3. The minimum Gasteiger partial charge on any atom is -0.399 e. The number of nitrogen functional groups attached to an aromatic ring is 2. The summed E-state index contributed by atoms with van der Waals surface area (Å²) >= 11 is 0. The fraction of sp³-hybridized carbons (Fsp3) is 0.357. The van der Waals surface area contributed by atoms with Crippen molar-refractivity contribution in [2.45, 2.75) is 50.1 Å². The van der Waals surface area contributed by atoms with Gasteiger partial charge >= 0.3 is 0 Å². The monoisotopic (exact) mass is 474 g/mol. The Morgan fingerprint density at radius 3 is 1.74 bits per heavy atom. The lowest BCUT2D eigenvalue weighted by atomic mass is 10.0. The first-order valence-electron chi connectivity index (χ1n) is 12.3. The molecule has 2 heterocycles. The summed E-state index contributed by atoms with van der Waals surface area (Å²) in [5, 5.41) is 0. The fourth-order valence-electron chi connectivity index (χ4n) is 5.53. The molecule has 0 bridgehead atoms. The van der Waals surface area contributed by atoms with Gasteiger partial charge in [0.1, 0.15) is 5.82 Å². The van der Waals surface area contributed by atoms with Gasteiger partial charge in [-0.3, -0.25) is 0 Å². The zero-order chi connectivity index (χ0) is 23.9. The van der Waals surface area contributed by atoms with E-state index < -0.39 is 8.07 Å². The summed E-state index contributed by atoms with van der Waals surface area (Å²) in [5.41, 5.74) is 17.5. The average Bonchev–Trinajstić information content (AvgIpc) is 3.25. The van der Waals surface area contributed by atoms with Crippen LogP contribution in [0.25, 0.3) is 0 Å². The molecule has 0 aliphatic carbocycles. The van der Waals surface area contributed by atoms with Gasteiger partial charge in [0.2, 0.25) is 0 Å². The van der Waals surface area contributed by atoms with Crippen molar-refractivity contribution in [3.63, 3.8) is 0 Å². The Hall–Kier alpha value is -2.99. The van der Waals surface area contributed by atoms with Crippen molar-refractivity contribution < 1.29 is 4.39 Å². The summed E-state index contributed by atoms with van der Waals surface area (Å²) in [5.74, 6) is -0.127. The summed E-state index contributed by atoms with van der Waals surface area (Å²) in [6.07, 6.45) is 1.99. The largest absolute Gasteiger partial charge is 0.399 e. The van der Waals surface area contributed by atoms with Crippen molar-refractivity contribution in [1.82, 2.24) is 0 Å². The van der Waals surface area contributed by atoms with Crippen LogP contribution in [0.15, 0.2) is 66.7 Å². The summed E-state index contributed by atoms with van der Waals surface area (Å²) < 4.78 is 15.6. The highest BCUT2D eigenvalue weighted by molar-refractivity contribution is 6.77. The molecule has 0 amide bonds. The number of hydrogen-bond acceptors (Lipinski definition) is 4.